The quantitative estimate of drug-likeness (QED) is 0.886. The van der Waals surface area contributed by atoms with Gasteiger partial charge in [0.2, 0.25) is 5.91 Å². The van der Waals surface area contributed by atoms with Crippen molar-refractivity contribution in [1.29, 1.82) is 0 Å². The number of anilines is 2. The minimum atomic E-state index is 0.0584. The highest BCUT2D eigenvalue weighted by molar-refractivity contribution is 5.90. The number of fused-ring (bicyclic) bond motifs is 3. The fraction of sp³-hybridized carbons (Fsp3) is 0.562. The van der Waals surface area contributed by atoms with E-state index in [0.717, 1.165) is 17.3 Å². The van der Waals surface area contributed by atoms with Crippen LogP contribution in [0.25, 0.3) is 0 Å². The summed E-state index contributed by atoms with van der Waals surface area (Å²) in [5.41, 5.74) is 2.02. The van der Waals surface area contributed by atoms with E-state index in [-0.39, 0.29) is 5.91 Å². The van der Waals surface area contributed by atoms with Crippen LogP contribution in [0.3, 0.4) is 0 Å². The van der Waals surface area contributed by atoms with Crippen LogP contribution in [0.2, 0.25) is 0 Å². The Balaban J connectivity index is 1.59. The van der Waals surface area contributed by atoms with Gasteiger partial charge in [-0.2, -0.15) is 0 Å². The summed E-state index contributed by atoms with van der Waals surface area (Å²) in [6, 6.07) is 8.63. The number of carbonyl (C=O) groups is 1. The van der Waals surface area contributed by atoms with E-state index in [4.69, 9.17) is 0 Å². The second-order valence-electron chi connectivity index (χ2n) is 5.87. The lowest BCUT2D eigenvalue weighted by Gasteiger charge is -2.45. The van der Waals surface area contributed by atoms with Crippen molar-refractivity contribution in [3.05, 3.63) is 24.3 Å². The standard InChI is InChI=1S/C16H23N3O/c1-2-16(20)18-14-5-3-13(4-6-14)17-15-11-19-9-7-12(15)8-10-19/h3-6,12,15,17H,2,7-11H2,1H3,(H,18,20). The smallest absolute Gasteiger partial charge is 0.224 e. The molecule has 0 saturated carbocycles. The van der Waals surface area contributed by atoms with Crippen molar-refractivity contribution >= 4 is 17.3 Å². The summed E-state index contributed by atoms with van der Waals surface area (Å²) in [5, 5.41) is 6.53. The number of carbonyl (C=O) groups excluding carboxylic acids is 1. The van der Waals surface area contributed by atoms with Gasteiger partial charge >= 0.3 is 0 Å². The monoisotopic (exact) mass is 273 g/mol. The summed E-state index contributed by atoms with van der Waals surface area (Å²) in [6.07, 6.45) is 3.16. The predicted octanol–water partition coefficient (Wildman–Crippen LogP) is 2.54. The van der Waals surface area contributed by atoms with Crippen LogP contribution in [-0.2, 0) is 4.79 Å². The Bertz CT molecular complexity index is 463. The van der Waals surface area contributed by atoms with Gasteiger partial charge in [-0.25, -0.2) is 0 Å². The number of hydrogen-bond donors (Lipinski definition) is 2. The maximum absolute atomic E-state index is 11.3. The van der Waals surface area contributed by atoms with Crippen molar-refractivity contribution in [2.45, 2.75) is 32.2 Å². The molecule has 0 radical (unpaired) electrons. The molecule has 3 saturated heterocycles. The number of hydrogen-bond acceptors (Lipinski definition) is 3. The van der Waals surface area contributed by atoms with Gasteiger partial charge in [-0.3, -0.25) is 4.79 Å². The topological polar surface area (TPSA) is 44.4 Å². The molecule has 4 nitrogen and oxygen atoms in total. The van der Waals surface area contributed by atoms with Crippen molar-refractivity contribution in [2.75, 3.05) is 30.3 Å². The van der Waals surface area contributed by atoms with Gasteiger partial charge in [-0.15, -0.1) is 0 Å². The molecule has 0 aliphatic carbocycles. The normalized spacial score (nSPS) is 28.1. The zero-order chi connectivity index (χ0) is 13.9. The first-order valence-electron chi connectivity index (χ1n) is 7.63. The Kier molecular flexibility index (Phi) is 3.92. The van der Waals surface area contributed by atoms with Crippen molar-refractivity contribution in [3.63, 3.8) is 0 Å². The first-order valence-corrected chi connectivity index (χ1v) is 7.63. The average Bonchev–Trinajstić information content (AvgIpc) is 2.50. The number of piperidine rings is 3. The highest BCUT2D eigenvalue weighted by Crippen LogP contribution is 2.29. The fourth-order valence-electron chi connectivity index (χ4n) is 3.24. The van der Waals surface area contributed by atoms with Crippen molar-refractivity contribution in [1.82, 2.24) is 4.90 Å². The lowest BCUT2D eigenvalue weighted by Crippen LogP contribution is -2.53. The Hall–Kier alpha value is -1.55. The first-order chi connectivity index (χ1) is 9.74. The first kappa shape index (κ1) is 13.4. The number of benzene rings is 1. The van der Waals surface area contributed by atoms with Gasteiger partial charge in [0.15, 0.2) is 0 Å². The molecule has 4 rings (SSSR count). The van der Waals surface area contributed by atoms with Crippen LogP contribution in [0.4, 0.5) is 11.4 Å². The molecule has 3 fully saturated rings. The lowest BCUT2D eigenvalue weighted by molar-refractivity contribution is -0.115. The Morgan fingerprint density at radius 3 is 2.40 bits per heavy atom. The molecule has 108 valence electrons. The van der Waals surface area contributed by atoms with Gasteiger partial charge < -0.3 is 15.5 Å². The van der Waals surface area contributed by atoms with Crippen molar-refractivity contribution < 1.29 is 4.79 Å². The third-order valence-corrected chi connectivity index (χ3v) is 4.50. The molecule has 4 heteroatoms. The molecule has 0 aromatic heterocycles. The maximum atomic E-state index is 11.3. The third-order valence-electron chi connectivity index (χ3n) is 4.50. The van der Waals surface area contributed by atoms with E-state index in [1.54, 1.807) is 0 Å². The molecule has 20 heavy (non-hydrogen) atoms. The summed E-state index contributed by atoms with van der Waals surface area (Å²) in [4.78, 5) is 13.9. The largest absolute Gasteiger partial charge is 0.381 e. The van der Waals surface area contributed by atoms with Gasteiger partial charge in [-0.1, -0.05) is 6.92 Å². The number of nitrogens with zero attached hydrogens (tertiary/aromatic N) is 1. The van der Waals surface area contributed by atoms with Crippen LogP contribution >= 0.6 is 0 Å². The van der Waals surface area contributed by atoms with Crippen LogP contribution in [-0.4, -0.2) is 36.5 Å². The minimum Gasteiger partial charge on any atom is -0.381 e. The summed E-state index contributed by atoms with van der Waals surface area (Å²) in [7, 11) is 0. The molecule has 1 atom stereocenters. The fourth-order valence-corrected chi connectivity index (χ4v) is 3.24. The Morgan fingerprint density at radius 1 is 1.20 bits per heavy atom. The van der Waals surface area contributed by atoms with Crippen LogP contribution in [0.1, 0.15) is 26.2 Å². The van der Waals surface area contributed by atoms with E-state index in [1.807, 2.05) is 19.1 Å². The van der Waals surface area contributed by atoms with Crippen LogP contribution in [0, 0.1) is 5.92 Å². The molecule has 1 unspecified atom stereocenters. The highest BCUT2D eigenvalue weighted by Gasteiger charge is 2.33. The third kappa shape index (κ3) is 2.96. The summed E-state index contributed by atoms with van der Waals surface area (Å²) in [6.45, 7) is 5.56. The Morgan fingerprint density at radius 2 is 1.85 bits per heavy atom. The van der Waals surface area contributed by atoms with Gasteiger partial charge in [0.25, 0.3) is 0 Å². The number of amides is 1. The lowest BCUT2D eigenvalue weighted by atomic mass is 9.84. The van der Waals surface area contributed by atoms with Crippen LogP contribution in [0.15, 0.2) is 24.3 Å². The summed E-state index contributed by atoms with van der Waals surface area (Å²) in [5.74, 6) is 0.877. The molecular weight excluding hydrogens is 250 g/mol. The van der Waals surface area contributed by atoms with Crippen LogP contribution < -0.4 is 10.6 Å². The molecule has 3 aliphatic heterocycles. The molecule has 3 aliphatic rings. The molecule has 3 heterocycles. The van der Waals surface area contributed by atoms with E-state index in [9.17, 15) is 4.79 Å². The van der Waals surface area contributed by atoms with Gasteiger partial charge in [0.05, 0.1) is 0 Å². The molecule has 2 N–H and O–H groups in total. The average molecular weight is 273 g/mol. The van der Waals surface area contributed by atoms with E-state index in [0.29, 0.717) is 12.5 Å². The molecule has 0 spiro atoms. The Labute approximate surface area is 120 Å². The van der Waals surface area contributed by atoms with Gasteiger partial charge in [0, 0.05) is 30.4 Å². The van der Waals surface area contributed by atoms with Gasteiger partial charge in [0.1, 0.15) is 0 Å². The van der Waals surface area contributed by atoms with Crippen molar-refractivity contribution in [2.24, 2.45) is 5.92 Å². The van der Waals surface area contributed by atoms with E-state index < -0.39 is 0 Å². The van der Waals surface area contributed by atoms with Crippen LogP contribution in [0.5, 0.6) is 0 Å². The summed E-state index contributed by atoms with van der Waals surface area (Å²) >= 11 is 0. The van der Waals surface area contributed by atoms with E-state index in [1.165, 1.54) is 32.5 Å². The second kappa shape index (κ2) is 5.83. The number of nitrogens with one attached hydrogen (secondary N) is 2. The molecule has 1 aromatic rings. The zero-order valence-electron chi connectivity index (χ0n) is 12.1. The van der Waals surface area contributed by atoms with E-state index in [2.05, 4.69) is 27.7 Å². The van der Waals surface area contributed by atoms with Crippen molar-refractivity contribution in [3.8, 4) is 0 Å². The molecule has 2 bridgehead atoms. The predicted molar refractivity (Wildman–Crippen MR) is 81.9 cm³/mol. The molecule has 1 aromatic carbocycles. The SMILES string of the molecule is CCC(=O)Nc1ccc(NC2CN3CCC2CC3)cc1. The molecule has 1 amide bonds. The molecular formula is C16H23N3O. The highest BCUT2D eigenvalue weighted by atomic mass is 16.1. The zero-order valence-corrected chi connectivity index (χ0v) is 12.1. The maximum Gasteiger partial charge on any atom is 0.224 e. The van der Waals surface area contributed by atoms with E-state index >= 15 is 0 Å². The van der Waals surface area contributed by atoms with Gasteiger partial charge in [-0.05, 0) is 56.1 Å². The minimum absolute atomic E-state index is 0.0584. The number of rotatable bonds is 4. The second-order valence-corrected chi connectivity index (χ2v) is 5.87. The summed E-state index contributed by atoms with van der Waals surface area (Å²) < 4.78 is 0.